The van der Waals surface area contributed by atoms with Crippen LogP contribution in [0.2, 0.25) is 0 Å². The number of hydrogen-bond donors (Lipinski definition) is 1. The Labute approximate surface area is 235 Å². The molecule has 0 aliphatic rings. The number of carbonyl (C=O) groups is 3. The van der Waals surface area contributed by atoms with Gasteiger partial charge in [-0.2, -0.15) is 0 Å². The van der Waals surface area contributed by atoms with Gasteiger partial charge in [0.1, 0.15) is 43.6 Å². The van der Waals surface area contributed by atoms with Crippen LogP contribution in [0.1, 0.15) is 75.2 Å². The lowest BCUT2D eigenvalue weighted by Gasteiger charge is -2.16. The molecule has 0 saturated carbocycles. The maximum absolute atomic E-state index is 11.9. The number of nitrogens with zero attached hydrogens (tertiary/aromatic N) is 4. The second kappa shape index (κ2) is 16.9. The van der Waals surface area contributed by atoms with E-state index in [0.29, 0.717) is 17.1 Å². The first-order valence-electron chi connectivity index (χ1n) is 12.7. The third-order valence-corrected chi connectivity index (χ3v) is 5.33. The largest absolute Gasteiger partial charge is 0.384 e. The van der Waals surface area contributed by atoms with Crippen molar-refractivity contribution in [2.75, 3.05) is 41.0 Å². The van der Waals surface area contributed by atoms with Crippen molar-refractivity contribution >= 4 is 17.3 Å². The number of aliphatic hydroxyl groups is 1. The minimum absolute atomic E-state index is 0.0529. The number of ketones is 3. The summed E-state index contributed by atoms with van der Waals surface area (Å²) < 4.78 is 19.4. The van der Waals surface area contributed by atoms with Crippen LogP contribution in [0.25, 0.3) is 0 Å². The average Bonchev–Trinajstić information content (AvgIpc) is 2.89. The van der Waals surface area contributed by atoms with E-state index in [2.05, 4.69) is 24.7 Å². The highest BCUT2D eigenvalue weighted by molar-refractivity contribution is 5.95. The first-order chi connectivity index (χ1) is 18.7. The van der Waals surface area contributed by atoms with E-state index in [0.717, 1.165) is 0 Å². The van der Waals surface area contributed by atoms with Gasteiger partial charge in [-0.05, 0) is 0 Å². The standard InChI is InChI=1S/C14H22N2O4.C14H20N2O4/c2*1-14(2,3)13(18)5-10-6-16-11(7-15-10)12(17)8-20-9-19-4/h6-7,12,17H,5,8-9H2,1-4H3;6-7H,5,8-9H2,1-4H3/t12-;/m1./s1. The molecule has 2 aromatic rings. The van der Waals surface area contributed by atoms with Crippen LogP contribution in [0, 0.1) is 10.8 Å². The van der Waals surface area contributed by atoms with Crippen LogP contribution >= 0.6 is 0 Å². The number of rotatable bonds is 14. The molecule has 0 spiro atoms. The Morgan fingerprint density at radius 2 is 1.25 bits per heavy atom. The van der Waals surface area contributed by atoms with Crippen molar-refractivity contribution in [1.29, 1.82) is 0 Å². The minimum Gasteiger partial charge on any atom is -0.384 e. The number of ether oxygens (including phenoxy) is 4. The quantitative estimate of drug-likeness (QED) is 0.204. The van der Waals surface area contributed by atoms with Crippen LogP contribution in [0.3, 0.4) is 0 Å². The van der Waals surface area contributed by atoms with Gasteiger partial charge in [0.2, 0.25) is 5.78 Å². The summed E-state index contributed by atoms with van der Waals surface area (Å²) in [6.45, 7) is 11.3. The predicted octanol–water partition coefficient (Wildman–Crippen LogP) is 2.73. The van der Waals surface area contributed by atoms with Crippen molar-refractivity contribution in [2.24, 2.45) is 10.8 Å². The molecule has 1 N–H and O–H groups in total. The summed E-state index contributed by atoms with van der Waals surface area (Å²) in [5.41, 5.74) is 0.969. The molecule has 0 aliphatic heterocycles. The van der Waals surface area contributed by atoms with Crippen LogP contribution in [-0.2, 0) is 41.4 Å². The SMILES string of the molecule is COCOCC(=O)c1cnc(CC(=O)C(C)(C)C)cn1.COCOC[C@@H](O)c1cnc(CC(=O)C(C)(C)C)cn1. The lowest BCUT2D eigenvalue weighted by molar-refractivity contribution is -0.126. The van der Waals surface area contributed by atoms with Gasteiger partial charge >= 0.3 is 0 Å². The number of aliphatic hydroxyl groups excluding tert-OH is 1. The maximum atomic E-state index is 11.9. The van der Waals surface area contributed by atoms with E-state index < -0.39 is 16.9 Å². The molecule has 0 aromatic carbocycles. The lowest BCUT2D eigenvalue weighted by atomic mass is 9.88. The van der Waals surface area contributed by atoms with Gasteiger partial charge in [-0.1, -0.05) is 41.5 Å². The van der Waals surface area contributed by atoms with E-state index in [1.54, 1.807) is 0 Å². The Hall–Kier alpha value is -3.03. The van der Waals surface area contributed by atoms with Gasteiger partial charge < -0.3 is 24.1 Å². The Bertz CT molecular complexity index is 1060. The Kier molecular flexibility index (Phi) is 14.8. The van der Waals surface area contributed by atoms with Crippen molar-refractivity contribution in [1.82, 2.24) is 19.9 Å². The third-order valence-electron chi connectivity index (χ3n) is 5.33. The van der Waals surface area contributed by atoms with E-state index >= 15 is 0 Å². The van der Waals surface area contributed by atoms with Gasteiger partial charge in [-0.3, -0.25) is 29.3 Å². The summed E-state index contributed by atoms with van der Waals surface area (Å²) in [5, 5.41) is 9.80. The fourth-order valence-corrected chi connectivity index (χ4v) is 2.70. The molecule has 0 unspecified atom stereocenters. The zero-order valence-corrected chi connectivity index (χ0v) is 24.7. The smallest absolute Gasteiger partial charge is 0.208 e. The molecule has 1 atom stereocenters. The van der Waals surface area contributed by atoms with Gasteiger partial charge in [0.15, 0.2) is 0 Å². The summed E-state index contributed by atoms with van der Waals surface area (Å²) in [6, 6.07) is 0. The molecule has 0 saturated heterocycles. The van der Waals surface area contributed by atoms with E-state index in [-0.39, 0.29) is 62.7 Å². The predicted molar refractivity (Wildman–Crippen MR) is 145 cm³/mol. The van der Waals surface area contributed by atoms with Crippen LogP contribution in [0.5, 0.6) is 0 Å². The van der Waals surface area contributed by atoms with E-state index in [1.165, 1.54) is 39.0 Å². The molecular formula is C28H42N4O8. The third kappa shape index (κ3) is 13.4. The van der Waals surface area contributed by atoms with Gasteiger partial charge in [0, 0.05) is 37.4 Å². The Morgan fingerprint density at radius 3 is 1.68 bits per heavy atom. The van der Waals surface area contributed by atoms with Gasteiger partial charge in [-0.25, -0.2) is 4.98 Å². The molecule has 0 amide bonds. The first kappa shape index (κ1) is 35.0. The fourth-order valence-electron chi connectivity index (χ4n) is 2.70. The first-order valence-corrected chi connectivity index (χ1v) is 12.7. The molecule has 222 valence electrons. The molecule has 2 heterocycles. The van der Waals surface area contributed by atoms with Crippen LogP contribution in [-0.4, -0.2) is 83.4 Å². The van der Waals surface area contributed by atoms with Gasteiger partial charge in [-0.15, -0.1) is 0 Å². The highest BCUT2D eigenvalue weighted by atomic mass is 16.7. The highest BCUT2D eigenvalue weighted by Gasteiger charge is 2.23. The summed E-state index contributed by atoms with van der Waals surface area (Å²) >= 11 is 0. The van der Waals surface area contributed by atoms with Crippen molar-refractivity contribution in [3.63, 3.8) is 0 Å². The molecule has 0 fully saturated rings. The molecule has 40 heavy (non-hydrogen) atoms. The van der Waals surface area contributed by atoms with Gasteiger partial charge in [0.05, 0.1) is 48.9 Å². The Balaban J connectivity index is 0.000000400. The minimum atomic E-state index is -0.856. The second-order valence-corrected chi connectivity index (χ2v) is 11.0. The van der Waals surface area contributed by atoms with E-state index in [4.69, 9.17) is 14.2 Å². The molecule has 12 heteroatoms. The van der Waals surface area contributed by atoms with Crippen molar-refractivity contribution in [3.8, 4) is 0 Å². The van der Waals surface area contributed by atoms with Crippen molar-refractivity contribution < 1.29 is 38.4 Å². The Morgan fingerprint density at radius 1 is 0.750 bits per heavy atom. The van der Waals surface area contributed by atoms with Crippen molar-refractivity contribution in [3.05, 3.63) is 47.6 Å². The van der Waals surface area contributed by atoms with Gasteiger partial charge in [0.25, 0.3) is 0 Å². The maximum Gasteiger partial charge on any atom is 0.208 e. The number of carbonyl (C=O) groups excluding carboxylic acids is 3. The lowest BCUT2D eigenvalue weighted by Crippen LogP contribution is -2.22. The van der Waals surface area contributed by atoms with Crippen molar-refractivity contribution in [2.45, 2.75) is 60.5 Å². The average molecular weight is 563 g/mol. The topological polar surface area (TPSA) is 160 Å². The summed E-state index contributed by atoms with van der Waals surface area (Å²) in [7, 11) is 2.98. The molecule has 12 nitrogen and oxygen atoms in total. The molecule has 2 aromatic heterocycles. The van der Waals surface area contributed by atoms with Crippen LogP contribution in [0.15, 0.2) is 24.8 Å². The zero-order chi connectivity index (χ0) is 30.3. The number of methoxy groups -OCH3 is 2. The van der Waals surface area contributed by atoms with E-state index in [1.807, 2.05) is 41.5 Å². The molecule has 0 radical (unpaired) electrons. The number of hydrogen-bond acceptors (Lipinski definition) is 12. The summed E-state index contributed by atoms with van der Waals surface area (Å²) in [4.78, 5) is 51.8. The summed E-state index contributed by atoms with van der Waals surface area (Å²) in [6.07, 6.45) is 5.39. The zero-order valence-electron chi connectivity index (χ0n) is 24.7. The number of aromatic nitrogens is 4. The molecule has 2 rings (SSSR count). The highest BCUT2D eigenvalue weighted by Crippen LogP contribution is 2.18. The van der Waals surface area contributed by atoms with E-state index in [9.17, 15) is 19.5 Å². The molecule has 0 aliphatic carbocycles. The molecular weight excluding hydrogens is 520 g/mol. The van der Waals surface area contributed by atoms with Crippen LogP contribution < -0.4 is 0 Å². The monoisotopic (exact) mass is 562 g/mol. The second-order valence-electron chi connectivity index (χ2n) is 11.0. The molecule has 0 bridgehead atoms. The number of Topliss-reactive ketones (excluding diaryl/α,β-unsaturated/α-hetero) is 3. The summed E-state index contributed by atoms with van der Waals surface area (Å²) in [5.74, 6) is -0.0962. The van der Waals surface area contributed by atoms with Crippen LogP contribution in [0.4, 0.5) is 0 Å². The normalized spacial score (nSPS) is 12.3. The fraction of sp³-hybridized carbons (Fsp3) is 0.607.